The number of thiophene rings is 1. The minimum Gasteiger partial charge on any atom is -0.495 e. The predicted molar refractivity (Wildman–Crippen MR) is 125 cm³/mol. The first kappa shape index (κ1) is 21.4. The van der Waals surface area contributed by atoms with E-state index in [1.54, 1.807) is 30.8 Å². The molecule has 8 heteroatoms. The van der Waals surface area contributed by atoms with Gasteiger partial charge in [-0.15, -0.1) is 11.3 Å². The molecule has 0 amide bonds. The van der Waals surface area contributed by atoms with Crippen LogP contribution < -0.4 is 19.3 Å². The Bertz CT molecular complexity index is 1120. The number of rotatable bonds is 4. The molecule has 1 aliphatic heterocycles. The highest BCUT2D eigenvalue weighted by molar-refractivity contribution is 7.97. The van der Waals surface area contributed by atoms with Crippen LogP contribution in [-0.4, -0.2) is 30.3 Å². The Morgan fingerprint density at radius 3 is 2.77 bits per heavy atom. The Balaban J connectivity index is 0.000000158. The average Bonchev–Trinajstić information content (AvgIpc) is 3.07. The number of fused-ring (bicyclic) bond motifs is 2. The van der Waals surface area contributed by atoms with Crippen molar-refractivity contribution in [3.05, 3.63) is 71.5 Å². The van der Waals surface area contributed by atoms with Crippen molar-refractivity contribution in [3.63, 3.8) is 0 Å². The summed E-state index contributed by atoms with van der Waals surface area (Å²) in [5.41, 5.74) is 1.15. The zero-order valence-electron chi connectivity index (χ0n) is 17.1. The SMILES string of the molecule is COc1cnccc1Cc1cc2cccnc2s1.NSc1ccc2c(c1)OCCCO2. The lowest BCUT2D eigenvalue weighted by molar-refractivity contribution is 0.297. The van der Waals surface area contributed by atoms with Gasteiger partial charge in [-0.3, -0.25) is 10.1 Å². The first-order valence-electron chi connectivity index (χ1n) is 9.83. The molecular weight excluding hydrogens is 430 g/mol. The van der Waals surface area contributed by atoms with E-state index < -0.39 is 0 Å². The summed E-state index contributed by atoms with van der Waals surface area (Å²) in [4.78, 5) is 11.8. The van der Waals surface area contributed by atoms with Gasteiger partial charge in [0.25, 0.3) is 0 Å². The van der Waals surface area contributed by atoms with Gasteiger partial charge in [0.15, 0.2) is 11.5 Å². The van der Waals surface area contributed by atoms with E-state index >= 15 is 0 Å². The van der Waals surface area contributed by atoms with Gasteiger partial charge in [0.2, 0.25) is 0 Å². The molecule has 0 fully saturated rings. The van der Waals surface area contributed by atoms with Crippen LogP contribution in [0.3, 0.4) is 0 Å². The molecule has 6 nitrogen and oxygen atoms in total. The molecule has 2 N–H and O–H groups in total. The van der Waals surface area contributed by atoms with Crippen LogP contribution in [0.25, 0.3) is 10.2 Å². The van der Waals surface area contributed by atoms with Gasteiger partial charge >= 0.3 is 0 Å². The summed E-state index contributed by atoms with van der Waals surface area (Å²) >= 11 is 2.94. The number of aromatic nitrogens is 2. The second-order valence-corrected chi connectivity index (χ2v) is 8.57. The molecule has 0 bridgehead atoms. The molecule has 0 aliphatic carbocycles. The second kappa shape index (κ2) is 10.5. The van der Waals surface area contributed by atoms with Crippen molar-refractivity contribution in [2.45, 2.75) is 17.7 Å². The minimum atomic E-state index is 0.714. The zero-order chi connectivity index (χ0) is 21.5. The molecule has 4 aromatic rings. The highest BCUT2D eigenvalue weighted by Crippen LogP contribution is 2.32. The number of hydrogen-bond donors (Lipinski definition) is 1. The molecule has 5 rings (SSSR count). The number of ether oxygens (including phenoxy) is 3. The molecule has 0 saturated carbocycles. The third-order valence-corrected chi connectivity index (χ3v) is 6.24. The molecular formula is C23H23N3O3S2. The molecule has 0 saturated heterocycles. The zero-order valence-corrected chi connectivity index (χ0v) is 18.7. The number of nitrogens with two attached hydrogens (primary N) is 1. The molecule has 0 spiro atoms. The van der Waals surface area contributed by atoms with Crippen LogP contribution in [0.4, 0.5) is 0 Å². The molecule has 0 atom stereocenters. The molecule has 0 radical (unpaired) electrons. The molecule has 3 aromatic heterocycles. The van der Waals surface area contributed by atoms with Gasteiger partial charge in [-0.05, 0) is 48.3 Å². The highest BCUT2D eigenvalue weighted by Gasteiger charge is 2.10. The minimum absolute atomic E-state index is 0.714. The lowest BCUT2D eigenvalue weighted by Gasteiger charge is -2.07. The van der Waals surface area contributed by atoms with Crippen molar-refractivity contribution >= 4 is 33.5 Å². The third kappa shape index (κ3) is 5.46. The van der Waals surface area contributed by atoms with E-state index in [0.29, 0.717) is 6.61 Å². The van der Waals surface area contributed by atoms with E-state index in [1.807, 2.05) is 36.5 Å². The first-order chi connectivity index (χ1) is 15.3. The van der Waals surface area contributed by atoms with Crippen LogP contribution in [-0.2, 0) is 6.42 Å². The predicted octanol–water partition coefficient (Wildman–Crippen LogP) is 5.10. The van der Waals surface area contributed by atoms with Crippen LogP contribution in [0, 0.1) is 0 Å². The fraction of sp³-hybridized carbons (Fsp3) is 0.217. The van der Waals surface area contributed by atoms with E-state index in [0.717, 1.165) is 52.0 Å². The van der Waals surface area contributed by atoms with Crippen LogP contribution in [0.5, 0.6) is 17.2 Å². The summed E-state index contributed by atoms with van der Waals surface area (Å²) in [5.74, 6) is 2.45. The smallest absolute Gasteiger partial charge is 0.162 e. The van der Waals surface area contributed by atoms with Crippen molar-refractivity contribution in [2.24, 2.45) is 5.14 Å². The third-order valence-electron chi connectivity index (χ3n) is 4.65. The van der Waals surface area contributed by atoms with Crippen LogP contribution in [0.1, 0.15) is 16.9 Å². The Morgan fingerprint density at radius 2 is 1.97 bits per heavy atom. The number of benzene rings is 1. The van der Waals surface area contributed by atoms with Crippen molar-refractivity contribution in [3.8, 4) is 17.2 Å². The molecule has 0 unspecified atom stereocenters. The maximum atomic E-state index is 5.50. The van der Waals surface area contributed by atoms with E-state index in [4.69, 9.17) is 19.3 Å². The Morgan fingerprint density at radius 1 is 1.10 bits per heavy atom. The van der Waals surface area contributed by atoms with Gasteiger partial charge in [0.1, 0.15) is 10.6 Å². The number of pyridine rings is 2. The second-order valence-electron chi connectivity index (χ2n) is 6.75. The van der Waals surface area contributed by atoms with E-state index in [9.17, 15) is 0 Å². The quantitative estimate of drug-likeness (QED) is 0.430. The summed E-state index contributed by atoms with van der Waals surface area (Å²) in [6.07, 6.45) is 7.16. The highest BCUT2D eigenvalue weighted by atomic mass is 32.2. The van der Waals surface area contributed by atoms with E-state index in [1.165, 1.54) is 22.2 Å². The van der Waals surface area contributed by atoms with Crippen LogP contribution in [0.2, 0.25) is 0 Å². The molecule has 1 aromatic carbocycles. The summed E-state index contributed by atoms with van der Waals surface area (Å²) in [7, 11) is 1.67. The van der Waals surface area contributed by atoms with E-state index in [-0.39, 0.29) is 0 Å². The number of nitrogens with zero attached hydrogens (tertiary/aromatic N) is 2. The van der Waals surface area contributed by atoms with Gasteiger partial charge in [-0.25, -0.2) is 4.98 Å². The standard InChI is InChI=1S/C14H12N2OS.C9H11NO2S/c1-17-13-9-15-6-4-10(13)7-12-8-11-3-2-5-16-14(11)18-12;10-13-7-2-3-8-9(6-7)12-5-1-4-11-8/h2-6,8-9H,7H2,1H3;2-3,6H,1,4-5,10H2. The van der Waals surface area contributed by atoms with Crippen LogP contribution in [0.15, 0.2) is 66.0 Å². The molecule has 4 heterocycles. The molecule has 31 heavy (non-hydrogen) atoms. The summed E-state index contributed by atoms with van der Waals surface area (Å²) < 4.78 is 16.3. The number of hydrogen-bond acceptors (Lipinski definition) is 8. The van der Waals surface area contributed by atoms with E-state index in [2.05, 4.69) is 22.1 Å². The van der Waals surface area contributed by atoms with Gasteiger partial charge in [0, 0.05) is 46.0 Å². The maximum absolute atomic E-state index is 5.50. The average molecular weight is 454 g/mol. The fourth-order valence-corrected chi connectivity index (χ4v) is 4.50. The summed E-state index contributed by atoms with van der Waals surface area (Å²) in [6.45, 7) is 1.44. The van der Waals surface area contributed by atoms with Gasteiger partial charge in [-0.1, -0.05) is 6.07 Å². The van der Waals surface area contributed by atoms with Crippen molar-refractivity contribution in [1.29, 1.82) is 0 Å². The normalized spacial score (nSPS) is 12.6. The Kier molecular flexibility index (Phi) is 7.24. The summed E-state index contributed by atoms with van der Waals surface area (Å²) in [6, 6.07) is 14.0. The van der Waals surface area contributed by atoms with Crippen LogP contribution >= 0.6 is 23.3 Å². The Labute approximate surface area is 189 Å². The Hall–Kier alpha value is -2.81. The maximum Gasteiger partial charge on any atom is 0.162 e. The van der Waals surface area contributed by atoms with Gasteiger partial charge < -0.3 is 14.2 Å². The van der Waals surface area contributed by atoms with Gasteiger partial charge in [-0.2, -0.15) is 0 Å². The topological polar surface area (TPSA) is 79.5 Å². The first-order valence-corrected chi connectivity index (χ1v) is 11.5. The van der Waals surface area contributed by atoms with Crippen molar-refractivity contribution in [1.82, 2.24) is 9.97 Å². The molecule has 160 valence electrons. The lowest BCUT2D eigenvalue weighted by Crippen LogP contribution is -1.97. The van der Waals surface area contributed by atoms with Gasteiger partial charge in [0.05, 0.1) is 26.5 Å². The fourth-order valence-electron chi connectivity index (χ4n) is 3.16. The van der Waals surface area contributed by atoms with Crippen molar-refractivity contribution in [2.75, 3.05) is 20.3 Å². The van der Waals surface area contributed by atoms with Crippen molar-refractivity contribution < 1.29 is 14.2 Å². The number of methoxy groups -OCH3 is 1. The monoisotopic (exact) mass is 453 g/mol. The summed E-state index contributed by atoms with van der Waals surface area (Å²) in [5, 5.41) is 6.64. The lowest BCUT2D eigenvalue weighted by atomic mass is 10.1. The largest absolute Gasteiger partial charge is 0.495 e. The molecule has 1 aliphatic rings.